The Morgan fingerprint density at radius 1 is 1.15 bits per heavy atom. The molecule has 0 bridgehead atoms. The number of hydrogen-bond acceptors (Lipinski definition) is 4. The van der Waals surface area contributed by atoms with Crippen molar-refractivity contribution >= 4 is 27.5 Å². The Labute approximate surface area is 166 Å². The number of ether oxygens (including phenoxy) is 1. The van der Waals surface area contributed by atoms with E-state index in [4.69, 9.17) is 4.74 Å². The Balaban J connectivity index is 1.57. The average molecular weight is 389 g/mol. The number of hydrogen-bond donors (Lipinski definition) is 2. The van der Waals surface area contributed by atoms with Gasteiger partial charge >= 0.3 is 6.09 Å². The normalized spacial score (nSPS) is 17.0. The summed E-state index contributed by atoms with van der Waals surface area (Å²) in [5.74, 6) is 0. The molecule has 1 saturated carbocycles. The second-order valence-electron chi connectivity index (χ2n) is 8.50. The molecule has 4 nitrogen and oxygen atoms in total. The molecule has 0 radical (unpaired) electrons. The molecule has 1 aromatic carbocycles. The third kappa shape index (κ3) is 5.45. The van der Waals surface area contributed by atoms with E-state index in [0.717, 1.165) is 13.0 Å². The largest absolute Gasteiger partial charge is 0.444 e. The van der Waals surface area contributed by atoms with Crippen LogP contribution in [0.5, 0.6) is 0 Å². The van der Waals surface area contributed by atoms with Gasteiger partial charge in [0.15, 0.2) is 0 Å². The summed E-state index contributed by atoms with van der Waals surface area (Å²) >= 11 is 1.93. The van der Waals surface area contributed by atoms with Crippen LogP contribution in [0.2, 0.25) is 0 Å². The predicted octanol–water partition coefficient (Wildman–Crippen LogP) is 5.57. The van der Waals surface area contributed by atoms with Crippen molar-refractivity contribution < 1.29 is 9.53 Å². The van der Waals surface area contributed by atoms with Crippen LogP contribution in [-0.4, -0.2) is 24.8 Å². The number of rotatable bonds is 6. The molecule has 27 heavy (non-hydrogen) atoms. The van der Waals surface area contributed by atoms with Gasteiger partial charge in [-0.15, -0.1) is 11.3 Å². The Morgan fingerprint density at radius 2 is 1.89 bits per heavy atom. The minimum atomic E-state index is -0.449. The van der Waals surface area contributed by atoms with Gasteiger partial charge in [0.1, 0.15) is 5.60 Å². The van der Waals surface area contributed by atoms with Crippen LogP contribution in [0.4, 0.5) is 4.79 Å². The molecule has 148 valence electrons. The van der Waals surface area contributed by atoms with E-state index in [1.807, 2.05) is 32.1 Å². The standard InChI is InChI=1S/C22H32N2O2S/c1-21(2,3)26-20(25)23-14-9-15-24-22(12-7-4-8-13-22)19-16-17-10-5-6-11-18(17)27-19/h5-6,10-11,16,24H,4,7-9,12-15H2,1-3H3,(H,23,25). The van der Waals surface area contributed by atoms with Gasteiger partial charge < -0.3 is 15.4 Å². The average Bonchev–Trinajstić information content (AvgIpc) is 3.05. The zero-order valence-corrected chi connectivity index (χ0v) is 17.6. The van der Waals surface area contributed by atoms with Crippen molar-refractivity contribution in [3.05, 3.63) is 35.2 Å². The van der Waals surface area contributed by atoms with Crippen molar-refractivity contribution in [1.29, 1.82) is 0 Å². The van der Waals surface area contributed by atoms with Crippen molar-refractivity contribution in [2.45, 2.75) is 70.4 Å². The zero-order chi connectivity index (χ0) is 19.3. The van der Waals surface area contributed by atoms with E-state index < -0.39 is 5.60 Å². The number of amides is 1. The minimum absolute atomic E-state index is 0.0911. The van der Waals surface area contributed by atoms with Crippen LogP contribution in [-0.2, 0) is 10.3 Å². The maximum Gasteiger partial charge on any atom is 0.407 e. The number of benzene rings is 1. The number of thiophene rings is 1. The summed E-state index contributed by atoms with van der Waals surface area (Å²) in [6, 6.07) is 11.0. The van der Waals surface area contributed by atoms with Gasteiger partial charge in [-0.25, -0.2) is 4.79 Å². The maximum absolute atomic E-state index is 11.8. The lowest BCUT2D eigenvalue weighted by Crippen LogP contribution is -2.44. The maximum atomic E-state index is 11.8. The van der Waals surface area contributed by atoms with E-state index in [1.54, 1.807) is 0 Å². The second-order valence-corrected chi connectivity index (χ2v) is 9.58. The third-order valence-corrected chi connectivity index (χ3v) is 6.41. The molecular formula is C22H32N2O2S. The highest BCUT2D eigenvalue weighted by Gasteiger charge is 2.34. The molecule has 1 heterocycles. The first-order valence-corrected chi connectivity index (χ1v) is 10.9. The first kappa shape index (κ1) is 20.2. The smallest absolute Gasteiger partial charge is 0.407 e. The van der Waals surface area contributed by atoms with Crippen LogP contribution in [0, 0.1) is 0 Å². The molecule has 1 amide bonds. The molecule has 0 spiro atoms. The number of nitrogens with one attached hydrogen (secondary N) is 2. The highest BCUT2D eigenvalue weighted by molar-refractivity contribution is 7.19. The summed E-state index contributed by atoms with van der Waals surface area (Å²) in [5.41, 5.74) is -0.358. The molecule has 1 aliphatic carbocycles. The van der Waals surface area contributed by atoms with Gasteiger partial charge in [-0.3, -0.25) is 0 Å². The molecule has 0 saturated heterocycles. The Bertz CT molecular complexity index is 724. The van der Waals surface area contributed by atoms with E-state index in [9.17, 15) is 4.79 Å². The summed E-state index contributed by atoms with van der Waals surface area (Å²) in [6.07, 6.45) is 6.83. The van der Waals surface area contributed by atoms with E-state index in [1.165, 1.54) is 47.1 Å². The molecule has 0 unspecified atom stereocenters. The number of carbonyl (C=O) groups excluding carboxylic acids is 1. The summed E-state index contributed by atoms with van der Waals surface area (Å²) in [6.45, 7) is 7.17. The highest BCUT2D eigenvalue weighted by atomic mass is 32.1. The lowest BCUT2D eigenvalue weighted by molar-refractivity contribution is 0.0527. The van der Waals surface area contributed by atoms with Crippen LogP contribution >= 0.6 is 11.3 Å². The molecular weight excluding hydrogens is 356 g/mol. The van der Waals surface area contributed by atoms with Gasteiger partial charge in [-0.05, 0) is 64.1 Å². The minimum Gasteiger partial charge on any atom is -0.444 e. The van der Waals surface area contributed by atoms with Crippen LogP contribution in [0.25, 0.3) is 10.1 Å². The fourth-order valence-corrected chi connectivity index (χ4v) is 5.09. The van der Waals surface area contributed by atoms with Gasteiger partial charge in [0, 0.05) is 16.1 Å². The van der Waals surface area contributed by atoms with E-state index in [-0.39, 0.29) is 11.6 Å². The third-order valence-electron chi connectivity index (χ3n) is 5.09. The zero-order valence-electron chi connectivity index (χ0n) is 16.8. The van der Waals surface area contributed by atoms with Crippen LogP contribution in [0.15, 0.2) is 30.3 Å². The summed E-state index contributed by atoms with van der Waals surface area (Å²) in [5, 5.41) is 8.05. The Morgan fingerprint density at radius 3 is 2.59 bits per heavy atom. The molecule has 2 N–H and O–H groups in total. The van der Waals surface area contributed by atoms with Crippen molar-refractivity contribution in [3.63, 3.8) is 0 Å². The van der Waals surface area contributed by atoms with Gasteiger partial charge in [0.2, 0.25) is 0 Å². The lowest BCUT2D eigenvalue weighted by atomic mass is 9.80. The molecule has 2 aromatic rings. The van der Waals surface area contributed by atoms with Gasteiger partial charge in [0.05, 0.1) is 5.54 Å². The first-order chi connectivity index (χ1) is 12.9. The van der Waals surface area contributed by atoms with Gasteiger partial charge in [-0.2, -0.15) is 0 Å². The van der Waals surface area contributed by atoms with Crippen molar-refractivity contribution in [2.24, 2.45) is 0 Å². The number of carbonyl (C=O) groups is 1. The monoisotopic (exact) mass is 388 g/mol. The fourth-order valence-electron chi connectivity index (χ4n) is 3.80. The van der Waals surface area contributed by atoms with Crippen molar-refractivity contribution in [2.75, 3.05) is 13.1 Å². The lowest BCUT2D eigenvalue weighted by Gasteiger charge is -2.38. The van der Waals surface area contributed by atoms with Crippen molar-refractivity contribution in [3.8, 4) is 0 Å². The predicted molar refractivity (Wildman–Crippen MR) is 113 cm³/mol. The number of fused-ring (bicyclic) bond motifs is 1. The Kier molecular flexibility index (Phi) is 6.43. The quantitative estimate of drug-likeness (QED) is 0.637. The molecule has 1 aliphatic rings. The topological polar surface area (TPSA) is 50.4 Å². The summed E-state index contributed by atoms with van der Waals surface area (Å²) in [7, 11) is 0. The van der Waals surface area contributed by atoms with Gasteiger partial charge in [-0.1, -0.05) is 37.5 Å². The molecule has 1 aromatic heterocycles. The van der Waals surface area contributed by atoms with Crippen LogP contribution in [0.1, 0.15) is 64.2 Å². The molecule has 1 fully saturated rings. The van der Waals surface area contributed by atoms with E-state index in [0.29, 0.717) is 6.54 Å². The Hall–Kier alpha value is -1.59. The van der Waals surface area contributed by atoms with E-state index in [2.05, 4.69) is 41.0 Å². The molecule has 3 rings (SSSR count). The van der Waals surface area contributed by atoms with Gasteiger partial charge in [0.25, 0.3) is 0 Å². The summed E-state index contributed by atoms with van der Waals surface area (Å²) in [4.78, 5) is 13.2. The van der Waals surface area contributed by atoms with E-state index >= 15 is 0 Å². The van der Waals surface area contributed by atoms with Crippen molar-refractivity contribution in [1.82, 2.24) is 10.6 Å². The number of alkyl carbamates (subject to hydrolysis) is 1. The molecule has 5 heteroatoms. The second kappa shape index (κ2) is 8.61. The molecule has 0 atom stereocenters. The highest BCUT2D eigenvalue weighted by Crippen LogP contribution is 2.42. The SMILES string of the molecule is CC(C)(C)OC(=O)NCCCNC1(c2cc3ccccc3s2)CCCCC1. The molecule has 0 aliphatic heterocycles. The first-order valence-electron chi connectivity index (χ1n) is 10.1. The summed E-state index contributed by atoms with van der Waals surface area (Å²) < 4.78 is 6.65. The fraction of sp³-hybridized carbons (Fsp3) is 0.591. The van der Waals surface area contributed by atoms with Crippen LogP contribution in [0.3, 0.4) is 0 Å². The van der Waals surface area contributed by atoms with Crippen LogP contribution < -0.4 is 10.6 Å².